The van der Waals surface area contributed by atoms with Gasteiger partial charge < -0.3 is 10.6 Å². The highest BCUT2D eigenvalue weighted by Crippen LogP contribution is 2.17. The van der Waals surface area contributed by atoms with E-state index in [1.807, 2.05) is 18.7 Å². The zero-order chi connectivity index (χ0) is 11.1. The van der Waals surface area contributed by atoms with E-state index in [4.69, 9.17) is 0 Å². The average Bonchev–Trinajstić information content (AvgIpc) is 2.27. The van der Waals surface area contributed by atoms with E-state index < -0.39 is 0 Å². The number of carbonyl (C=O) groups excluding carboxylic acids is 1. The summed E-state index contributed by atoms with van der Waals surface area (Å²) in [5.74, 6) is 2.66. The van der Waals surface area contributed by atoms with Crippen LogP contribution in [0.15, 0.2) is 0 Å². The zero-order valence-corrected chi connectivity index (χ0v) is 10.5. The molecule has 15 heavy (non-hydrogen) atoms. The standard InChI is InChI=1S/C11H22N2OS/c1-3-12-8-9(2)11(14)13-10-4-6-15-7-5-10/h9-10,12H,3-8H2,1-2H3,(H,13,14). The van der Waals surface area contributed by atoms with Crippen molar-refractivity contribution in [2.45, 2.75) is 32.7 Å². The molecule has 1 atom stereocenters. The third kappa shape index (κ3) is 4.89. The quantitative estimate of drug-likeness (QED) is 0.747. The molecule has 0 aliphatic carbocycles. The second-order valence-electron chi connectivity index (χ2n) is 4.10. The Morgan fingerprint density at radius 1 is 1.47 bits per heavy atom. The van der Waals surface area contributed by atoms with Gasteiger partial charge in [0.1, 0.15) is 0 Å². The lowest BCUT2D eigenvalue weighted by Gasteiger charge is -2.24. The Balaban J connectivity index is 2.20. The summed E-state index contributed by atoms with van der Waals surface area (Å²) in [5.41, 5.74) is 0. The van der Waals surface area contributed by atoms with Crippen molar-refractivity contribution in [1.29, 1.82) is 0 Å². The summed E-state index contributed by atoms with van der Waals surface area (Å²) in [4.78, 5) is 11.8. The molecule has 0 saturated carbocycles. The molecular weight excluding hydrogens is 208 g/mol. The SMILES string of the molecule is CCNCC(C)C(=O)NC1CCSCC1. The minimum Gasteiger partial charge on any atom is -0.353 e. The number of rotatable bonds is 5. The van der Waals surface area contributed by atoms with Gasteiger partial charge in [0.2, 0.25) is 5.91 Å². The minimum absolute atomic E-state index is 0.0829. The highest BCUT2D eigenvalue weighted by Gasteiger charge is 2.19. The molecule has 1 rings (SSSR count). The summed E-state index contributed by atoms with van der Waals surface area (Å²) in [6.07, 6.45) is 2.26. The van der Waals surface area contributed by atoms with Gasteiger partial charge in [0.25, 0.3) is 0 Å². The van der Waals surface area contributed by atoms with Crippen molar-refractivity contribution in [2.75, 3.05) is 24.6 Å². The summed E-state index contributed by atoms with van der Waals surface area (Å²) in [6.45, 7) is 5.75. The Hall–Kier alpha value is -0.220. The maximum Gasteiger partial charge on any atom is 0.224 e. The fourth-order valence-electron chi connectivity index (χ4n) is 1.64. The number of thioether (sulfide) groups is 1. The van der Waals surface area contributed by atoms with Crippen LogP contribution in [0.2, 0.25) is 0 Å². The Morgan fingerprint density at radius 3 is 2.73 bits per heavy atom. The molecule has 1 saturated heterocycles. The fourth-order valence-corrected chi connectivity index (χ4v) is 2.75. The third-order valence-corrected chi connectivity index (χ3v) is 3.76. The lowest BCUT2D eigenvalue weighted by Crippen LogP contribution is -2.42. The van der Waals surface area contributed by atoms with Crippen LogP contribution in [0, 0.1) is 5.92 Å². The van der Waals surface area contributed by atoms with Gasteiger partial charge in [0.15, 0.2) is 0 Å². The van der Waals surface area contributed by atoms with Crippen LogP contribution in [0.1, 0.15) is 26.7 Å². The van der Waals surface area contributed by atoms with Crippen molar-refractivity contribution in [3.05, 3.63) is 0 Å². The average molecular weight is 230 g/mol. The Labute approximate surface area is 96.8 Å². The lowest BCUT2D eigenvalue weighted by atomic mass is 10.1. The van der Waals surface area contributed by atoms with Gasteiger partial charge in [-0.25, -0.2) is 0 Å². The van der Waals surface area contributed by atoms with E-state index in [1.165, 1.54) is 11.5 Å². The van der Waals surface area contributed by atoms with Gasteiger partial charge in [-0.05, 0) is 30.9 Å². The van der Waals surface area contributed by atoms with Crippen molar-refractivity contribution in [1.82, 2.24) is 10.6 Å². The van der Waals surface area contributed by atoms with E-state index in [-0.39, 0.29) is 11.8 Å². The van der Waals surface area contributed by atoms with Gasteiger partial charge in [-0.1, -0.05) is 13.8 Å². The maximum atomic E-state index is 11.8. The van der Waals surface area contributed by atoms with E-state index in [0.717, 1.165) is 25.9 Å². The first-order valence-corrected chi connectivity index (χ1v) is 6.98. The van der Waals surface area contributed by atoms with Gasteiger partial charge >= 0.3 is 0 Å². The number of carbonyl (C=O) groups is 1. The summed E-state index contributed by atoms with van der Waals surface area (Å²) in [7, 11) is 0. The minimum atomic E-state index is 0.0829. The fraction of sp³-hybridized carbons (Fsp3) is 0.909. The molecule has 1 aliphatic rings. The second-order valence-corrected chi connectivity index (χ2v) is 5.33. The summed E-state index contributed by atoms with van der Waals surface area (Å²) >= 11 is 1.98. The maximum absolute atomic E-state index is 11.8. The van der Waals surface area contributed by atoms with E-state index in [1.54, 1.807) is 0 Å². The van der Waals surface area contributed by atoms with Crippen molar-refractivity contribution in [3.63, 3.8) is 0 Å². The monoisotopic (exact) mass is 230 g/mol. The first-order valence-electron chi connectivity index (χ1n) is 5.83. The normalized spacial score (nSPS) is 19.9. The molecule has 1 fully saturated rings. The highest BCUT2D eigenvalue weighted by molar-refractivity contribution is 7.99. The van der Waals surface area contributed by atoms with Crippen LogP contribution in [0.25, 0.3) is 0 Å². The van der Waals surface area contributed by atoms with Crippen LogP contribution in [0.3, 0.4) is 0 Å². The third-order valence-electron chi connectivity index (χ3n) is 2.72. The Kier molecular flexibility index (Phi) is 6.10. The number of hydrogen-bond acceptors (Lipinski definition) is 3. The number of amides is 1. The number of nitrogens with one attached hydrogen (secondary N) is 2. The van der Waals surface area contributed by atoms with Crippen molar-refractivity contribution < 1.29 is 4.79 Å². The largest absolute Gasteiger partial charge is 0.353 e. The lowest BCUT2D eigenvalue weighted by molar-refractivity contribution is -0.125. The first kappa shape index (κ1) is 12.8. The Morgan fingerprint density at radius 2 is 2.13 bits per heavy atom. The summed E-state index contributed by atoms with van der Waals surface area (Å²) in [5, 5.41) is 6.34. The highest BCUT2D eigenvalue weighted by atomic mass is 32.2. The smallest absolute Gasteiger partial charge is 0.224 e. The first-order chi connectivity index (χ1) is 7.24. The van der Waals surface area contributed by atoms with Crippen LogP contribution in [-0.4, -0.2) is 36.5 Å². The molecule has 1 heterocycles. The van der Waals surface area contributed by atoms with Crippen molar-refractivity contribution >= 4 is 17.7 Å². The molecule has 3 nitrogen and oxygen atoms in total. The molecule has 0 bridgehead atoms. The van der Waals surface area contributed by atoms with E-state index in [2.05, 4.69) is 17.6 Å². The predicted molar refractivity (Wildman–Crippen MR) is 66.2 cm³/mol. The molecule has 0 aromatic heterocycles. The summed E-state index contributed by atoms with van der Waals surface area (Å²) in [6, 6.07) is 0.419. The molecule has 0 radical (unpaired) electrons. The molecule has 1 amide bonds. The zero-order valence-electron chi connectivity index (χ0n) is 9.71. The molecule has 1 unspecified atom stereocenters. The number of hydrogen-bond donors (Lipinski definition) is 2. The summed E-state index contributed by atoms with van der Waals surface area (Å²) < 4.78 is 0. The van der Waals surface area contributed by atoms with Crippen molar-refractivity contribution in [3.8, 4) is 0 Å². The molecule has 2 N–H and O–H groups in total. The van der Waals surface area contributed by atoms with Crippen LogP contribution in [-0.2, 0) is 4.79 Å². The van der Waals surface area contributed by atoms with Gasteiger partial charge in [-0.3, -0.25) is 4.79 Å². The molecular formula is C11H22N2OS. The topological polar surface area (TPSA) is 41.1 Å². The van der Waals surface area contributed by atoms with Gasteiger partial charge in [0.05, 0.1) is 0 Å². The van der Waals surface area contributed by atoms with Crippen molar-refractivity contribution in [2.24, 2.45) is 5.92 Å². The van der Waals surface area contributed by atoms with E-state index >= 15 is 0 Å². The molecule has 0 aromatic rings. The van der Waals surface area contributed by atoms with Gasteiger partial charge in [-0.15, -0.1) is 0 Å². The predicted octanol–water partition coefficient (Wildman–Crippen LogP) is 1.24. The molecule has 88 valence electrons. The second kappa shape index (κ2) is 7.12. The van der Waals surface area contributed by atoms with Crippen LogP contribution in [0.5, 0.6) is 0 Å². The van der Waals surface area contributed by atoms with Crippen LogP contribution >= 0.6 is 11.8 Å². The van der Waals surface area contributed by atoms with E-state index in [0.29, 0.717) is 6.04 Å². The van der Waals surface area contributed by atoms with Gasteiger partial charge in [0, 0.05) is 18.5 Å². The van der Waals surface area contributed by atoms with Crippen LogP contribution < -0.4 is 10.6 Å². The molecule has 0 aromatic carbocycles. The Bertz CT molecular complexity index is 193. The van der Waals surface area contributed by atoms with E-state index in [9.17, 15) is 4.79 Å². The molecule has 1 aliphatic heterocycles. The van der Waals surface area contributed by atoms with Gasteiger partial charge in [-0.2, -0.15) is 11.8 Å². The molecule has 0 spiro atoms. The molecule has 4 heteroatoms. The van der Waals surface area contributed by atoms with Crippen LogP contribution in [0.4, 0.5) is 0 Å².